The van der Waals surface area contributed by atoms with Gasteiger partial charge in [-0.3, -0.25) is 14.5 Å². The fourth-order valence-corrected chi connectivity index (χ4v) is 2.71. The van der Waals surface area contributed by atoms with E-state index < -0.39 is 17.5 Å². The average molecular weight is 421 g/mol. The third kappa shape index (κ3) is 7.00. The monoisotopic (exact) mass is 421 g/mol. The van der Waals surface area contributed by atoms with Crippen molar-refractivity contribution in [2.24, 2.45) is 0 Å². The number of nitrogens with one attached hydrogen (secondary N) is 2. The number of hydrogen-bond donors (Lipinski definition) is 2. The first kappa shape index (κ1) is 23.1. The Morgan fingerprint density at radius 2 is 1.80 bits per heavy atom. The largest absolute Gasteiger partial charge is 0.493 e. The lowest BCUT2D eigenvalue weighted by molar-refractivity contribution is -0.124. The molecular weight excluding hydrogens is 396 g/mol. The Kier molecular flexibility index (Phi) is 8.54. The third-order valence-corrected chi connectivity index (χ3v) is 4.04. The predicted molar refractivity (Wildman–Crippen MR) is 108 cm³/mol. The molecule has 0 fully saturated rings. The molecule has 0 spiro atoms. The predicted octanol–water partition coefficient (Wildman–Crippen LogP) is 2.56. The molecule has 0 aromatic heterocycles. The number of hydrogen-bond acceptors (Lipinski definition) is 5. The number of halogens is 2. The number of carbonyl (C=O) groups is 2. The summed E-state index contributed by atoms with van der Waals surface area (Å²) in [5, 5.41) is 4.88. The molecule has 0 saturated heterocycles. The molecule has 30 heavy (non-hydrogen) atoms. The van der Waals surface area contributed by atoms with Crippen molar-refractivity contribution in [1.29, 1.82) is 0 Å². The maximum atomic E-state index is 13.2. The Bertz CT molecular complexity index is 893. The average Bonchev–Trinajstić information content (AvgIpc) is 2.70. The second-order valence-electron chi connectivity index (χ2n) is 6.54. The standard InChI is InChI=1S/C21H25F2N3O4/c1-4-30-18-8-5-14(9-19(18)29-3)12-26(2)13-21(28)24-11-20(27)25-15-6-7-16(22)17(23)10-15/h5-10H,4,11-13H2,1-3H3,(H,24,28)(H,25,27). The second-order valence-corrected chi connectivity index (χ2v) is 6.54. The summed E-state index contributed by atoms with van der Waals surface area (Å²) < 4.78 is 36.9. The summed E-state index contributed by atoms with van der Waals surface area (Å²) in [4.78, 5) is 25.7. The molecule has 0 aliphatic carbocycles. The molecule has 162 valence electrons. The highest BCUT2D eigenvalue weighted by Gasteiger charge is 2.12. The number of rotatable bonds is 10. The SMILES string of the molecule is CCOc1ccc(CN(C)CC(=O)NCC(=O)Nc2ccc(F)c(F)c2)cc1OC. The number of methoxy groups -OCH3 is 1. The Labute approximate surface area is 174 Å². The summed E-state index contributed by atoms with van der Waals surface area (Å²) in [6.45, 7) is 2.67. The van der Waals surface area contributed by atoms with Gasteiger partial charge in [0.15, 0.2) is 23.1 Å². The molecule has 2 aromatic rings. The zero-order chi connectivity index (χ0) is 22.1. The van der Waals surface area contributed by atoms with Gasteiger partial charge in [0.05, 0.1) is 26.8 Å². The van der Waals surface area contributed by atoms with E-state index in [0.717, 1.165) is 17.7 Å². The van der Waals surface area contributed by atoms with Gasteiger partial charge in [0, 0.05) is 18.3 Å². The summed E-state index contributed by atoms with van der Waals surface area (Å²) in [5.74, 6) is -1.71. The molecule has 0 aliphatic rings. The molecule has 2 N–H and O–H groups in total. The summed E-state index contributed by atoms with van der Waals surface area (Å²) in [7, 11) is 3.33. The maximum absolute atomic E-state index is 13.2. The lowest BCUT2D eigenvalue weighted by atomic mass is 10.2. The molecular formula is C21H25F2N3O4. The first-order valence-electron chi connectivity index (χ1n) is 9.32. The number of amides is 2. The van der Waals surface area contributed by atoms with Gasteiger partial charge in [-0.2, -0.15) is 0 Å². The summed E-state index contributed by atoms with van der Waals surface area (Å²) >= 11 is 0. The zero-order valence-corrected chi connectivity index (χ0v) is 17.1. The van der Waals surface area contributed by atoms with Gasteiger partial charge in [0.25, 0.3) is 0 Å². The first-order chi connectivity index (χ1) is 14.3. The van der Waals surface area contributed by atoms with Crippen molar-refractivity contribution in [2.45, 2.75) is 13.5 Å². The fourth-order valence-electron chi connectivity index (χ4n) is 2.71. The van der Waals surface area contributed by atoms with Gasteiger partial charge in [-0.1, -0.05) is 6.07 Å². The highest BCUT2D eigenvalue weighted by molar-refractivity contribution is 5.94. The summed E-state index contributed by atoms with van der Waals surface area (Å²) in [6, 6.07) is 8.55. The van der Waals surface area contributed by atoms with Gasteiger partial charge in [0.1, 0.15) is 0 Å². The fraction of sp³-hybridized carbons (Fsp3) is 0.333. The molecule has 0 aliphatic heterocycles. The number of ether oxygens (including phenoxy) is 2. The molecule has 0 bridgehead atoms. The normalized spacial score (nSPS) is 10.6. The van der Waals surface area contributed by atoms with Crippen LogP contribution in [0.1, 0.15) is 12.5 Å². The molecule has 9 heteroatoms. The summed E-state index contributed by atoms with van der Waals surface area (Å²) in [5.41, 5.74) is 1.04. The Balaban J connectivity index is 1.80. The van der Waals surface area contributed by atoms with Crippen molar-refractivity contribution in [1.82, 2.24) is 10.2 Å². The van der Waals surface area contributed by atoms with Crippen LogP contribution in [-0.2, 0) is 16.1 Å². The second kappa shape index (κ2) is 11.1. The van der Waals surface area contributed by atoms with Crippen molar-refractivity contribution in [3.63, 3.8) is 0 Å². The van der Waals surface area contributed by atoms with E-state index in [9.17, 15) is 18.4 Å². The highest BCUT2D eigenvalue weighted by atomic mass is 19.2. The molecule has 0 radical (unpaired) electrons. The van der Waals surface area contributed by atoms with Gasteiger partial charge in [-0.25, -0.2) is 8.78 Å². The van der Waals surface area contributed by atoms with Gasteiger partial charge >= 0.3 is 0 Å². The van der Waals surface area contributed by atoms with Gasteiger partial charge < -0.3 is 20.1 Å². The quantitative estimate of drug-likeness (QED) is 0.617. The van der Waals surface area contributed by atoms with E-state index in [4.69, 9.17) is 9.47 Å². The topological polar surface area (TPSA) is 79.9 Å². The van der Waals surface area contributed by atoms with Crippen LogP contribution in [0.4, 0.5) is 14.5 Å². The number of carbonyl (C=O) groups excluding carboxylic acids is 2. The van der Waals surface area contributed by atoms with E-state index >= 15 is 0 Å². The Morgan fingerprint density at radius 1 is 1.03 bits per heavy atom. The van der Waals surface area contributed by atoms with Crippen LogP contribution in [0.25, 0.3) is 0 Å². The van der Waals surface area contributed by atoms with Crippen molar-refractivity contribution in [3.05, 3.63) is 53.6 Å². The van der Waals surface area contributed by atoms with Crippen LogP contribution in [0.15, 0.2) is 36.4 Å². The smallest absolute Gasteiger partial charge is 0.243 e. The van der Waals surface area contributed by atoms with Crippen LogP contribution < -0.4 is 20.1 Å². The van der Waals surface area contributed by atoms with E-state index in [-0.39, 0.29) is 24.7 Å². The summed E-state index contributed by atoms with van der Waals surface area (Å²) in [6.07, 6.45) is 0. The Morgan fingerprint density at radius 3 is 2.47 bits per heavy atom. The molecule has 0 saturated carbocycles. The van der Waals surface area contributed by atoms with E-state index in [1.165, 1.54) is 6.07 Å². The van der Waals surface area contributed by atoms with E-state index in [1.54, 1.807) is 19.1 Å². The van der Waals surface area contributed by atoms with Gasteiger partial charge in [-0.15, -0.1) is 0 Å². The molecule has 7 nitrogen and oxygen atoms in total. The van der Waals surface area contributed by atoms with E-state index in [1.807, 2.05) is 25.1 Å². The number of nitrogens with zero attached hydrogens (tertiary/aromatic N) is 1. The zero-order valence-electron chi connectivity index (χ0n) is 17.1. The highest BCUT2D eigenvalue weighted by Crippen LogP contribution is 2.28. The minimum Gasteiger partial charge on any atom is -0.493 e. The Hall–Kier alpha value is -3.20. The number of benzene rings is 2. The van der Waals surface area contributed by atoms with Crippen LogP contribution in [-0.4, -0.2) is 50.6 Å². The lowest BCUT2D eigenvalue weighted by Crippen LogP contribution is -2.39. The minimum absolute atomic E-state index is 0.0635. The minimum atomic E-state index is -1.07. The van der Waals surface area contributed by atoms with Crippen molar-refractivity contribution in [3.8, 4) is 11.5 Å². The third-order valence-electron chi connectivity index (χ3n) is 4.04. The van der Waals surface area contributed by atoms with E-state index in [2.05, 4.69) is 10.6 Å². The van der Waals surface area contributed by atoms with Gasteiger partial charge in [-0.05, 0) is 43.8 Å². The molecule has 0 atom stereocenters. The molecule has 2 aromatic carbocycles. The van der Waals surface area contributed by atoms with Crippen molar-refractivity contribution in [2.75, 3.05) is 39.2 Å². The lowest BCUT2D eigenvalue weighted by Gasteiger charge is -2.17. The van der Waals surface area contributed by atoms with Crippen LogP contribution in [0.2, 0.25) is 0 Å². The number of likely N-dealkylation sites (N-methyl/N-ethyl adjacent to an activating group) is 1. The van der Waals surface area contributed by atoms with Crippen LogP contribution in [0.3, 0.4) is 0 Å². The molecule has 2 rings (SSSR count). The first-order valence-corrected chi connectivity index (χ1v) is 9.32. The van der Waals surface area contributed by atoms with E-state index in [0.29, 0.717) is 24.7 Å². The van der Waals surface area contributed by atoms with Crippen LogP contribution >= 0.6 is 0 Å². The maximum Gasteiger partial charge on any atom is 0.243 e. The van der Waals surface area contributed by atoms with Crippen molar-refractivity contribution < 1.29 is 27.8 Å². The molecule has 0 heterocycles. The van der Waals surface area contributed by atoms with Crippen molar-refractivity contribution >= 4 is 17.5 Å². The van der Waals surface area contributed by atoms with Crippen LogP contribution in [0, 0.1) is 11.6 Å². The van der Waals surface area contributed by atoms with Gasteiger partial charge in [0.2, 0.25) is 11.8 Å². The van der Waals surface area contributed by atoms with Crippen LogP contribution in [0.5, 0.6) is 11.5 Å². The molecule has 2 amide bonds. The molecule has 0 unspecified atom stereocenters. The number of anilines is 1.